The molecule has 0 fully saturated rings. The summed E-state index contributed by atoms with van der Waals surface area (Å²) in [5.74, 6) is -0.641. The summed E-state index contributed by atoms with van der Waals surface area (Å²) in [4.78, 5) is 24.1. The Labute approximate surface area is 118 Å². The van der Waals surface area contributed by atoms with Crippen LogP contribution in [0.1, 0.15) is 27.2 Å². The van der Waals surface area contributed by atoms with Gasteiger partial charge in [-0.1, -0.05) is 24.6 Å². The van der Waals surface area contributed by atoms with Crippen molar-refractivity contribution in [2.24, 2.45) is 5.41 Å². The fourth-order valence-corrected chi connectivity index (χ4v) is 1.61. The molecule has 104 valence electrons. The van der Waals surface area contributed by atoms with E-state index in [1.54, 1.807) is 38.1 Å². The first-order valence-corrected chi connectivity index (χ1v) is 6.61. The van der Waals surface area contributed by atoms with Crippen LogP contribution in [0.25, 0.3) is 0 Å². The van der Waals surface area contributed by atoms with E-state index in [4.69, 9.17) is 11.6 Å². The van der Waals surface area contributed by atoms with Gasteiger partial charge in [-0.3, -0.25) is 9.59 Å². The molecule has 1 rings (SSSR count). The van der Waals surface area contributed by atoms with E-state index in [1.807, 2.05) is 6.92 Å². The third kappa shape index (κ3) is 4.24. The molecule has 19 heavy (non-hydrogen) atoms. The smallest absolute Gasteiger partial charge is 0.239 e. The maximum atomic E-state index is 12.1. The summed E-state index contributed by atoms with van der Waals surface area (Å²) in [6.07, 6.45) is 0.831. The van der Waals surface area contributed by atoms with Crippen LogP contribution in [-0.2, 0) is 9.59 Å². The second-order valence-corrected chi connectivity index (χ2v) is 5.28. The van der Waals surface area contributed by atoms with Gasteiger partial charge in [0.15, 0.2) is 0 Å². The van der Waals surface area contributed by atoms with Crippen molar-refractivity contribution in [1.82, 2.24) is 5.32 Å². The molecule has 2 N–H and O–H groups in total. The highest BCUT2D eigenvalue weighted by molar-refractivity contribution is 6.31. The van der Waals surface area contributed by atoms with Crippen molar-refractivity contribution in [2.45, 2.75) is 27.2 Å². The predicted octanol–water partition coefficient (Wildman–Crippen LogP) is 2.83. The van der Waals surface area contributed by atoms with Crippen molar-refractivity contribution in [3.63, 3.8) is 0 Å². The molecule has 0 bridgehead atoms. The van der Waals surface area contributed by atoms with Crippen LogP contribution in [0.4, 0.5) is 5.69 Å². The van der Waals surface area contributed by atoms with E-state index < -0.39 is 5.41 Å². The van der Waals surface area contributed by atoms with Crippen molar-refractivity contribution in [1.29, 1.82) is 0 Å². The Morgan fingerprint density at radius 2 is 1.95 bits per heavy atom. The predicted molar refractivity (Wildman–Crippen MR) is 77.2 cm³/mol. The lowest BCUT2D eigenvalue weighted by molar-refractivity contribution is -0.138. The molecule has 1 aromatic rings. The summed E-state index contributed by atoms with van der Waals surface area (Å²) >= 11 is 5.84. The lowest BCUT2D eigenvalue weighted by Gasteiger charge is -2.22. The second kappa shape index (κ2) is 6.57. The molecule has 0 saturated carbocycles. The average Bonchev–Trinajstić information content (AvgIpc) is 2.35. The molecular weight excluding hydrogens is 264 g/mol. The van der Waals surface area contributed by atoms with E-state index in [0.29, 0.717) is 17.3 Å². The van der Waals surface area contributed by atoms with Gasteiger partial charge in [0.2, 0.25) is 11.8 Å². The number of carbonyl (C=O) groups excluding carboxylic acids is 2. The van der Waals surface area contributed by atoms with Crippen LogP contribution < -0.4 is 10.6 Å². The summed E-state index contributed by atoms with van der Waals surface area (Å²) in [5.41, 5.74) is -0.550. The first kappa shape index (κ1) is 15.5. The number of hydrogen-bond acceptors (Lipinski definition) is 2. The number of benzene rings is 1. The molecule has 0 aliphatic carbocycles. The Hall–Kier alpha value is -1.55. The molecule has 0 aliphatic rings. The standard InChI is InChI=1S/C14H19ClN2O2/c1-4-8-16-12(18)14(2,3)13(19)17-11-7-5-6-10(15)9-11/h5-7,9H,4,8H2,1-3H3,(H,16,18)(H,17,19). The van der Waals surface area contributed by atoms with Gasteiger partial charge in [0.05, 0.1) is 0 Å². The third-order valence-electron chi connectivity index (χ3n) is 2.75. The normalized spacial score (nSPS) is 10.9. The Kier molecular flexibility index (Phi) is 5.36. The van der Waals surface area contributed by atoms with Gasteiger partial charge >= 0.3 is 0 Å². The maximum absolute atomic E-state index is 12.1. The molecule has 0 atom stereocenters. The van der Waals surface area contributed by atoms with E-state index in [-0.39, 0.29) is 11.8 Å². The minimum absolute atomic E-state index is 0.283. The van der Waals surface area contributed by atoms with Crippen LogP contribution in [0.15, 0.2) is 24.3 Å². The van der Waals surface area contributed by atoms with Crippen LogP contribution in [0.2, 0.25) is 5.02 Å². The van der Waals surface area contributed by atoms with E-state index in [2.05, 4.69) is 10.6 Å². The molecule has 0 heterocycles. The molecule has 5 heteroatoms. The highest BCUT2D eigenvalue weighted by atomic mass is 35.5. The van der Waals surface area contributed by atoms with Crippen molar-refractivity contribution in [3.05, 3.63) is 29.3 Å². The third-order valence-corrected chi connectivity index (χ3v) is 2.99. The van der Waals surface area contributed by atoms with Crippen LogP contribution >= 0.6 is 11.6 Å². The van der Waals surface area contributed by atoms with Crippen molar-refractivity contribution in [2.75, 3.05) is 11.9 Å². The monoisotopic (exact) mass is 282 g/mol. The highest BCUT2D eigenvalue weighted by Gasteiger charge is 2.35. The molecular formula is C14H19ClN2O2. The Morgan fingerprint density at radius 1 is 1.26 bits per heavy atom. The van der Waals surface area contributed by atoms with Gasteiger partial charge in [-0.2, -0.15) is 0 Å². The molecule has 4 nitrogen and oxygen atoms in total. The van der Waals surface area contributed by atoms with Gasteiger partial charge < -0.3 is 10.6 Å². The molecule has 0 radical (unpaired) electrons. The number of halogens is 1. The topological polar surface area (TPSA) is 58.2 Å². The first-order valence-electron chi connectivity index (χ1n) is 6.23. The van der Waals surface area contributed by atoms with Crippen molar-refractivity contribution >= 4 is 29.1 Å². The molecule has 0 spiro atoms. The highest BCUT2D eigenvalue weighted by Crippen LogP contribution is 2.21. The average molecular weight is 283 g/mol. The quantitative estimate of drug-likeness (QED) is 0.816. The molecule has 0 aliphatic heterocycles. The summed E-state index contributed by atoms with van der Waals surface area (Å²) in [5, 5.41) is 5.95. The molecule has 2 amide bonds. The summed E-state index contributed by atoms with van der Waals surface area (Å²) in [7, 11) is 0. The number of rotatable bonds is 5. The Balaban J connectivity index is 2.73. The van der Waals surface area contributed by atoms with Gasteiger partial charge in [-0.25, -0.2) is 0 Å². The van der Waals surface area contributed by atoms with Gasteiger partial charge in [-0.15, -0.1) is 0 Å². The van der Waals surface area contributed by atoms with E-state index >= 15 is 0 Å². The van der Waals surface area contributed by atoms with E-state index in [0.717, 1.165) is 6.42 Å². The van der Waals surface area contributed by atoms with Gasteiger partial charge in [0, 0.05) is 17.3 Å². The summed E-state index contributed by atoms with van der Waals surface area (Å²) < 4.78 is 0. The van der Waals surface area contributed by atoms with Crippen LogP contribution in [0.3, 0.4) is 0 Å². The lowest BCUT2D eigenvalue weighted by atomic mass is 9.91. The Bertz CT molecular complexity index is 472. The molecule has 0 saturated heterocycles. The van der Waals surface area contributed by atoms with Gasteiger partial charge in [0.1, 0.15) is 5.41 Å². The zero-order valence-electron chi connectivity index (χ0n) is 11.4. The fourth-order valence-electron chi connectivity index (χ4n) is 1.42. The molecule has 1 aromatic carbocycles. The van der Waals surface area contributed by atoms with E-state index in [9.17, 15) is 9.59 Å². The summed E-state index contributed by atoms with van der Waals surface area (Å²) in [6, 6.07) is 6.82. The molecule has 0 unspecified atom stereocenters. The second-order valence-electron chi connectivity index (χ2n) is 4.85. The number of nitrogens with one attached hydrogen (secondary N) is 2. The van der Waals surface area contributed by atoms with Crippen LogP contribution in [0, 0.1) is 5.41 Å². The minimum atomic E-state index is -1.13. The molecule has 0 aromatic heterocycles. The first-order chi connectivity index (χ1) is 8.87. The van der Waals surface area contributed by atoms with Crippen molar-refractivity contribution in [3.8, 4) is 0 Å². The number of anilines is 1. The maximum Gasteiger partial charge on any atom is 0.239 e. The number of amides is 2. The van der Waals surface area contributed by atoms with Gasteiger partial charge in [0.25, 0.3) is 0 Å². The fraction of sp³-hybridized carbons (Fsp3) is 0.429. The van der Waals surface area contributed by atoms with Crippen LogP contribution in [-0.4, -0.2) is 18.4 Å². The van der Waals surface area contributed by atoms with Crippen molar-refractivity contribution < 1.29 is 9.59 Å². The zero-order valence-corrected chi connectivity index (χ0v) is 12.2. The summed E-state index contributed by atoms with van der Waals surface area (Å²) in [6.45, 7) is 5.71. The van der Waals surface area contributed by atoms with Crippen LogP contribution in [0.5, 0.6) is 0 Å². The number of carbonyl (C=O) groups is 2. The SMILES string of the molecule is CCCNC(=O)C(C)(C)C(=O)Nc1cccc(Cl)c1. The lowest BCUT2D eigenvalue weighted by Crippen LogP contribution is -2.45. The van der Waals surface area contributed by atoms with Gasteiger partial charge in [-0.05, 0) is 38.5 Å². The zero-order chi connectivity index (χ0) is 14.5. The Morgan fingerprint density at radius 3 is 2.53 bits per heavy atom. The minimum Gasteiger partial charge on any atom is -0.355 e. The number of hydrogen-bond donors (Lipinski definition) is 2. The van der Waals surface area contributed by atoms with E-state index in [1.165, 1.54) is 0 Å². The largest absolute Gasteiger partial charge is 0.355 e.